The maximum atomic E-state index is 14.6. The van der Waals surface area contributed by atoms with E-state index < -0.39 is 32.5 Å². The molecular formula is C99H129N9O9. The van der Waals surface area contributed by atoms with E-state index >= 15 is 0 Å². The first-order chi connectivity index (χ1) is 54.2. The number of allylic oxidation sites excluding steroid dienone is 12. The predicted molar refractivity (Wildman–Crippen MR) is 444 cm³/mol. The minimum absolute atomic E-state index is 0.0203. The molecule has 0 saturated heterocycles. The van der Waals surface area contributed by atoms with Crippen LogP contribution in [0.1, 0.15) is 310 Å². The lowest BCUT2D eigenvalue weighted by molar-refractivity contribution is -0.172. The van der Waals surface area contributed by atoms with E-state index in [9.17, 15) is 28.8 Å². The fourth-order valence-electron chi connectivity index (χ4n) is 31.6. The third kappa shape index (κ3) is 11.2. The summed E-state index contributed by atoms with van der Waals surface area (Å²) < 4.78 is 17.7. The number of nitrogens with zero attached hydrogens (tertiary/aromatic N) is 9. The number of rotatable bonds is 4. The molecule has 15 aliphatic rings. The van der Waals surface area contributed by atoms with Gasteiger partial charge in [0.25, 0.3) is 0 Å². The predicted octanol–water partition coefficient (Wildman–Crippen LogP) is 21.6. The molecule has 0 radical (unpaired) electrons. The third-order valence-corrected chi connectivity index (χ3v) is 38.5. The standard InChI is InChI=1S/C34H45N3O3.C33H43N3O3.C32H41N3O3/c1-20-36-37-26(40-20)19-34-14-12-29(2,3)17-21(34)27-23(38)16-25-31(6)18-22(35-9)28(39)30(4,5)24(31)10-11-32(25,7)33(27,8)13-15-34;1-19-35-27(39-36-19)33-14-12-28(2,3)17-20(33)25-22(37)16-24-30(6)18-21(34-9)26(38)29(4,5)23(30)10-11-31(24,7)32(25,8)13-15-33;1-27(2)11-13-32(26-35-34-18-38-26)14-12-31(7)24(19(32)16-27)21(36)15-23-29(5)17-20(33-8)25(37)28(3,4)22(29)9-10-30(23,31)6/h16,18,21,24,27H,10-15,17,19H2,1-8H3;16,18,20,23,25H,10-15,17H2,1-8H3;15,17-19,22,24H,9-14,16H2,1-7H3/t21-,24-,27-,31-,32+,33+,34+;20-,23-,25-,30-,31+,32+,33-;19-,22-,24-,29-,30+,31+,32-/m000/s1. The number of hydrogen-bond donors (Lipinski definition) is 0. The Bertz CT molecular complexity index is 5120. The summed E-state index contributed by atoms with van der Waals surface area (Å²) in [5.41, 5.74) is -0.642. The molecule has 18 heteroatoms. The Labute approximate surface area is 695 Å². The van der Waals surface area contributed by atoms with Gasteiger partial charge in [-0.15, -0.1) is 20.4 Å². The number of ketones is 6. The molecule has 117 heavy (non-hydrogen) atoms. The summed E-state index contributed by atoms with van der Waals surface area (Å²) in [7, 11) is 0. The maximum absolute atomic E-state index is 14.6. The Kier molecular flexibility index (Phi) is 18.4. The van der Waals surface area contributed by atoms with Crippen molar-refractivity contribution in [1.29, 1.82) is 0 Å². The van der Waals surface area contributed by atoms with Crippen LogP contribution in [-0.2, 0) is 46.0 Å². The monoisotopic (exact) mass is 1590 g/mol. The topological polar surface area (TPSA) is 232 Å². The summed E-state index contributed by atoms with van der Waals surface area (Å²) in [5.74, 6) is 4.28. The second-order valence-corrected chi connectivity index (χ2v) is 46.6. The van der Waals surface area contributed by atoms with Crippen LogP contribution in [0.3, 0.4) is 0 Å². The van der Waals surface area contributed by atoms with E-state index in [0.29, 0.717) is 23.5 Å². The Balaban J connectivity index is 0.000000131. The van der Waals surface area contributed by atoms with Crippen LogP contribution in [0.4, 0.5) is 0 Å². The number of Topliss-reactive ketones (excluding diaryl/α,β-unsaturated/α-hetero) is 3. The van der Waals surface area contributed by atoms with E-state index in [1.807, 2.05) is 91.8 Å². The maximum Gasteiger partial charge on any atom is 0.233 e. The highest BCUT2D eigenvalue weighted by molar-refractivity contribution is 6.05. The molecule has 3 heterocycles. The van der Waals surface area contributed by atoms with Crippen molar-refractivity contribution >= 4 is 34.7 Å². The summed E-state index contributed by atoms with van der Waals surface area (Å²) in [5, 5.41) is 21.2. The van der Waals surface area contributed by atoms with E-state index in [0.717, 1.165) is 164 Å². The molecule has 0 amide bonds. The lowest BCUT2D eigenvalue weighted by atomic mass is 9.34. The van der Waals surface area contributed by atoms with Crippen molar-refractivity contribution < 1.29 is 42.1 Å². The highest BCUT2D eigenvalue weighted by atomic mass is 16.5. The molecule has 3 aromatic heterocycles. The van der Waals surface area contributed by atoms with Crippen LogP contribution < -0.4 is 0 Å². The quantitative estimate of drug-likeness (QED) is 0.221. The van der Waals surface area contributed by atoms with Gasteiger partial charge in [-0.05, 0) is 250 Å². The van der Waals surface area contributed by atoms with Crippen LogP contribution in [0.5, 0.6) is 0 Å². The Hall–Kier alpha value is -7.65. The van der Waals surface area contributed by atoms with Crippen LogP contribution in [0, 0.1) is 173 Å². The summed E-state index contributed by atoms with van der Waals surface area (Å²) >= 11 is 0. The third-order valence-electron chi connectivity index (χ3n) is 38.5. The molecule has 21 atom stereocenters. The molecule has 0 spiro atoms. The molecule has 0 bridgehead atoms. The van der Waals surface area contributed by atoms with Crippen molar-refractivity contribution in [2.45, 2.75) is 311 Å². The number of aryl methyl sites for hydroxylation is 2. The van der Waals surface area contributed by atoms with Gasteiger partial charge in [-0.2, -0.15) is 4.98 Å². The molecule has 0 aliphatic heterocycles. The van der Waals surface area contributed by atoms with Gasteiger partial charge in [-0.3, -0.25) is 14.4 Å². The molecule has 624 valence electrons. The zero-order valence-corrected chi connectivity index (χ0v) is 74.5. The molecule has 3 aromatic rings. The van der Waals surface area contributed by atoms with Crippen molar-refractivity contribution in [2.75, 3.05) is 0 Å². The number of carbonyl (C=O) groups excluding carboxylic acids is 6. The van der Waals surface area contributed by atoms with Crippen molar-refractivity contribution in [2.24, 2.45) is 140 Å². The average molecular weight is 1590 g/mol. The second kappa shape index (κ2) is 26.0. The Morgan fingerprint density at radius 3 is 1.12 bits per heavy atom. The van der Waals surface area contributed by atoms with E-state index in [-0.39, 0.29) is 170 Å². The summed E-state index contributed by atoms with van der Waals surface area (Å²) in [4.78, 5) is 99.3. The largest absolute Gasteiger partial charge is 0.427 e. The number of aromatic nitrogens is 6. The van der Waals surface area contributed by atoms with Crippen molar-refractivity contribution in [3.63, 3.8) is 0 Å². The number of fused-ring (bicyclic) bond motifs is 21. The number of carbonyl (C=O) groups is 6. The van der Waals surface area contributed by atoms with E-state index in [2.05, 4.69) is 144 Å². The molecule has 18 rings (SSSR count). The fourth-order valence-corrected chi connectivity index (χ4v) is 31.6. The van der Waals surface area contributed by atoms with Crippen LogP contribution in [0.15, 0.2) is 90.0 Å². The lowest BCUT2D eigenvalue weighted by Crippen LogP contribution is -2.65. The minimum Gasteiger partial charge on any atom is -0.427 e. The smallest absolute Gasteiger partial charge is 0.233 e. The average Bonchev–Trinajstić information content (AvgIpc) is 1.04. The van der Waals surface area contributed by atoms with Gasteiger partial charge in [0.1, 0.15) is 0 Å². The molecule has 0 unspecified atom stereocenters. The van der Waals surface area contributed by atoms with Crippen LogP contribution in [0.25, 0.3) is 14.5 Å². The van der Waals surface area contributed by atoms with Gasteiger partial charge in [0.05, 0.1) is 30.5 Å². The molecule has 0 aromatic carbocycles. The van der Waals surface area contributed by atoms with E-state index in [1.54, 1.807) is 0 Å². The van der Waals surface area contributed by atoms with Crippen molar-refractivity contribution in [3.05, 3.63) is 140 Å². The normalized spacial score (nSPS) is 44.1. The molecule has 9 saturated carbocycles. The van der Waals surface area contributed by atoms with Gasteiger partial charge in [0, 0.05) is 63.6 Å². The molecular weight excluding hydrogens is 1460 g/mol. The van der Waals surface area contributed by atoms with Gasteiger partial charge in [-0.25, -0.2) is 14.5 Å². The summed E-state index contributed by atoms with van der Waals surface area (Å²) in [6.07, 6.45) is 34.5. The lowest BCUT2D eigenvalue weighted by Gasteiger charge is -2.69. The van der Waals surface area contributed by atoms with Crippen LogP contribution in [0.2, 0.25) is 0 Å². The van der Waals surface area contributed by atoms with E-state index in [4.69, 9.17) is 38.1 Å². The molecule has 15 aliphatic carbocycles. The SMILES string of the molecule is [C-]#[N+]C1=C[C@]2(C)C3=CC(=O)[C@@H]4[C@@H]5CC(C)(C)CC[C@]5(Cc5nnc(C)o5)CC[C@@]4(C)[C@]3(C)CC[C@H]2C(C)(C)C1=O.[C-]#[N+]C1=C[C@]2(C)C3=CC(=O)[C@@H]4[C@@H]5CC(C)(C)CC[C@]5(c5nc(C)no5)CC[C@@]4(C)[C@]3(C)CC[C@H]2C(C)(C)C1=O.[C-]#[N+]C1=C[C@]2(C)C3=CC(=O)[C@@H]4[C@@H]5CC(C)(C)CC[C@]5(c5nnco5)CC[C@@]4(C)[C@]3(C)CC[C@H]2C(C)(C)C1=O. The van der Waals surface area contributed by atoms with Crippen LogP contribution in [-0.4, -0.2) is 65.2 Å². The molecule has 0 N–H and O–H groups in total. The number of hydrogen-bond acceptors (Lipinski definition) is 15. The van der Waals surface area contributed by atoms with Gasteiger partial charge in [-0.1, -0.05) is 186 Å². The summed E-state index contributed by atoms with van der Waals surface area (Å²) in [6.45, 7) is 74.0. The second-order valence-electron chi connectivity index (χ2n) is 46.6. The zero-order chi connectivity index (χ0) is 85.0. The first kappa shape index (κ1) is 83.0. The molecule has 9 fully saturated rings. The van der Waals surface area contributed by atoms with Gasteiger partial charge < -0.3 is 27.7 Å². The highest BCUT2D eigenvalue weighted by Crippen LogP contribution is 2.80. The van der Waals surface area contributed by atoms with Crippen molar-refractivity contribution in [3.8, 4) is 0 Å². The van der Waals surface area contributed by atoms with Gasteiger partial charge in [0.15, 0.2) is 40.5 Å². The first-order valence-corrected chi connectivity index (χ1v) is 44.4. The first-order valence-electron chi connectivity index (χ1n) is 44.4. The Morgan fingerprint density at radius 1 is 0.419 bits per heavy atom. The highest BCUT2D eigenvalue weighted by Gasteiger charge is 2.75. The Morgan fingerprint density at radius 2 is 0.769 bits per heavy atom. The zero-order valence-electron chi connectivity index (χ0n) is 74.5. The van der Waals surface area contributed by atoms with E-state index in [1.165, 1.54) is 6.39 Å². The fraction of sp³-hybridized carbons (Fsp3) is 0.727. The van der Waals surface area contributed by atoms with Gasteiger partial charge >= 0.3 is 0 Å². The van der Waals surface area contributed by atoms with Gasteiger partial charge in [0.2, 0.25) is 47.0 Å². The molecule has 18 nitrogen and oxygen atoms in total. The minimum atomic E-state index is -0.642. The van der Waals surface area contributed by atoms with Crippen molar-refractivity contribution in [1.82, 2.24) is 30.5 Å². The summed E-state index contributed by atoms with van der Waals surface area (Å²) in [6, 6.07) is 0. The van der Waals surface area contributed by atoms with Crippen LogP contribution >= 0.6 is 0 Å².